The Morgan fingerprint density at radius 3 is 2.02 bits per heavy atom. The summed E-state index contributed by atoms with van der Waals surface area (Å²) in [7, 11) is 0. The number of alkyl halides is 1. The number of piperidine rings is 1. The molecule has 1 aliphatic carbocycles. The van der Waals surface area contributed by atoms with Crippen molar-refractivity contribution in [2.24, 2.45) is 17.6 Å². The van der Waals surface area contributed by atoms with Crippen molar-refractivity contribution in [3.63, 3.8) is 0 Å². The van der Waals surface area contributed by atoms with Crippen LogP contribution in [0.15, 0.2) is 91.0 Å². The van der Waals surface area contributed by atoms with Gasteiger partial charge in [-0.2, -0.15) is 0 Å². The summed E-state index contributed by atoms with van der Waals surface area (Å²) in [6.45, 7) is 2.65. The standard InChI is InChI=1S/C51H62FN7O7/c1-32(52)47(62)55-25-7-6-12-42(46(53)61)56-50(65)44(30-34-15-20-41(60)21-16-34)59-49(64)43(22-17-33-13-18-36-8-2-4-10-39(36)28-33)57-51(66)45(58-48(63)38-23-26-54-27-24-38)31-35-14-19-37-9-3-5-11-40(37)29-35/h2-5,8-11,14-16,18-21,28-29,32-33,38,42-45,54,60H,6-7,12-13,17,22-27,30-31H2,1H3,(H2,53,61)(H,55,62)(H,56,65)(H,57,66)(H,58,63)(H,59,64)/t32?,33?,42-,43+,44-,45+/m0/s1. The molecule has 1 aliphatic heterocycles. The molecule has 4 aromatic carbocycles. The molecule has 0 radical (unpaired) electrons. The molecule has 6 atom stereocenters. The molecular formula is C51H62FN7O7. The van der Waals surface area contributed by atoms with Crippen LogP contribution in [-0.4, -0.2) is 90.5 Å². The van der Waals surface area contributed by atoms with Gasteiger partial charge in [-0.05, 0) is 122 Å². The van der Waals surface area contributed by atoms with E-state index in [0.717, 1.165) is 40.1 Å². The van der Waals surface area contributed by atoms with E-state index in [2.05, 4.69) is 44.1 Å². The Labute approximate surface area is 384 Å². The number of phenolic OH excluding ortho intramolecular Hbond substituents is 1. The zero-order valence-corrected chi connectivity index (χ0v) is 37.4. The summed E-state index contributed by atoms with van der Waals surface area (Å²) in [6.07, 6.45) is 6.27. The molecule has 6 rings (SSSR count). The number of amides is 6. The lowest BCUT2D eigenvalue weighted by Gasteiger charge is -2.28. The SMILES string of the molecule is CC(F)C(=O)NCCCC[C@H](NC(=O)[C@H](Cc1ccc(O)cc1)NC(=O)[C@@H](CCC1C=c2ccccc2=CC1)NC(=O)[C@@H](Cc1ccc2ccccc2c1)NC(=O)C1CCNCC1)C(N)=O. The molecular weight excluding hydrogens is 842 g/mol. The van der Waals surface area contributed by atoms with Crippen molar-refractivity contribution in [1.29, 1.82) is 0 Å². The lowest BCUT2D eigenvalue weighted by molar-refractivity contribution is -0.135. The summed E-state index contributed by atoms with van der Waals surface area (Å²) in [5.41, 5.74) is 7.13. The number of unbranched alkanes of at least 4 members (excludes halogenated alkanes) is 1. The summed E-state index contributed by atoms with van der Waals surface area (Å²) in [6, 6.07) is 23.3. The minimum Gasteiger partial charge on any atom is -0.508 e. The lowest BCUT2D eigenvalue weighted by Crippen LogP contribution is -2.59. The molecule has 6 amide bonds. The van der Waals surface area contributed by atoms with E-state index in [4.69, 9.17) is 5.73 Å². The van der Waals surface area contributed by atoms with E-state index in [1.165, 1.54) is 12.1 Å². The molecule has 15 heteroatoms. The molecule has 350 valence electrons. The Morgan fingerprint density at radius 1 is 0.697 bits per heavy atom. The highest BCUT2D eigenvalue weighted by Gasteiger charge is 2.33. The van der Waals surface area contributed by atoms with E-state index in [0.29, 0.717) is 50.8 Å². The van der Waals surface area contributed by atoms with Crippen molar-refractivity contribution in [1.82, 2.24) is 31.9 Å². The van der Waals surface area contributed by atoms with Crippen LogP contribution in [0.3, 0.4) is 0 Å². The molecule has 66 heavy (non-hydrogen) atoms. The predicted octanol–water partition coefficient (Wildman–Crippen LogP) is 2.46. The van der Waals surface area contributed by atoms with Gasteiger partial charge in [0.15, 0.2) is 6.17 Å². The largest absolute Gasteiger partial charge is 0.508 e. The number of nitrogens with one attached hydrogen (secondary N) is 6. The van der Waals surface area contributed by atoms with Crippen LogP contribution in [0.25, 0.3) is 22.9 Å². The number of benzene rings is 4. The molecule has 14 nitrogen and oxygen atoms in total. The Hall–Kier alpha value is -6.61. The summed E-state index contributed by atoms with van der Waals surface area (Å²) < 4.78 is 13.3. The summed E-state index contributed by atoms with van der Waals surface area (Å²) >= 11 is 0. The van der Waals surface area contributed by atoms with Crippen molar-refractivity contribution in [2.75, 3.05) is 19.6 Å². The first-order chi connectivity index (χ1) is 31.8. The van der Waals surface area contributed by atoms with Gasteiger partial charge in [0.05, 0.1) is 0 Å². The highest BCUT2D eigenvalue weighted by Crippen LogP contribution is 2.21. The predicted molar refractivity (Wildman–Crippen MR) is 251 cm³/mol. The van der Waals surface area contributed by atoms with Gasteiger partial charge in [-0.15, -0.1) is 0 Å². The maximum atomic E-state index is 14.7. The Morgan fingerprint density at radius 2 is 1.30 bits per heavy atom. The van der Waals surface area contributed by atoms with Gasteiger partial charge in [-0.3, -0.25) is 28.8 Å². The zero-order chi connectivity index (χ0) is 47.0. The monoisotopic (exact) mass is 903 g/mol. The van der Waals surface area contributed by atoms with E-state index in [1.807, 2.05) is 66.7 Å². The minimum absolute atomic E-state index is 0.00221. The van der Waals surface area contributed by atoms with E-state index < -0.39 is 59.9 Å². The number of hydrogen-bond donors (Lipinski definition) is 8. The second-order valence-electron chi connectivity index (χ2n) is 17.4. The van der Waals surface area contributed by atoms with Gasteiger partial charge >= 0.3 is 0 Å². The van der Waals surface area contributed by atoms with Crippen molar-refractivity contribution in [3.05, 3.63) is 113 Å². The third-order valence-electron chi connectivity index (χ3n) is 12.4. The summed E-state index contributed by atoms with van der Waals surface area (Å²) in [4.78, 5) is 81.4. The smallest absolute Gasteiger partial charge is 0.254 e. The van der Waals surface area contributed by atoms with Crippen LogP contribution < -0.4 is 48.1 Å². The number of halogens is 1. The van der Waals surface area contributed by atoms with Crippen LogP contribution in [0.5, 0.6) is 5.75 Å². The third-order valence-corrected chi connectivity index (χ3v) is 12.4. The van der Waals surface area contributed by atoms with Crippen LogP contribution in [0.4, 0.5) is 4.39 Å². The van der Waals surface area contributed by atoms with Crippen LogP contribution in [-0.2, 0) is 41.6 Å². The van der Waals surface area contributed by atoms with E-state index in [1.54, 1.807) is 12.1 Å². The van der Waals surface area contributed by atoms with Gasteiger partial charge < -0.3 is 42.7 Å². The van der Waals surface area contributed by atoms with Crippen molar-refractivity contribution >= 4 is 58.4 Å². The second kappa shape index (κ2) is 24.1. The molecule has 1 fully saturated rings. The van der Waals surface area contributed by atoms with Crippen LogP contribution >= 0.6 is 0 Å². The first-order valence-electron chi connectivity index (χ1n) is 23.0. The van der Waals surface area contributed by atoms with Gasteiger partial charge in [0.1, 0.15) is 29.9 Å². The average Bonchev–Trinajstić information content (AvgIpc) is 3.32. The molecule has 0 saturated carbocycles. The highest BCUT2D eigenvalue weighted by atomic mass is 19.1. The van der Waals surface area contributed by atoms with E-state index >= 15 is 0 Å². The van der Waals surface area contributed by atoms with Crippen molar-refractivity contribution in [3.8, 4) is 5.75 Å². The van der Waals surface area contributed by atoms with Crippen LogP contribution in [0, 0.1) is 11.8 Å². The molecule has 2 unspecified atom stereocenters. The number of aromatic hydroxyl groups is 1. The quantitative estimate of drug-likeness (QED) is 0.0547. The Balaban J connectivity index is 1.24. The molecule has 9 N–H and O–H groups in total. The number of nitrogens with two attached hydrogens (primary N) is 1. The Kier molecular flexibility index (Phi) is 17.8. The molecule has 1 saturated heterocycles. The zero-order valence-electron chi connectivity index (χ0n) is 37.4. The topological polar surface area (TPSA) is 221 Å². The Bertz CT molecular complexity index is 2460. The van der Waals surface area contributed by atoms with Gasteiger partial charge in [0.25, 0.3) is 5.91 Å². The highest BCUT2D eigenvalue weighted by molar-refractivity contribution is 5.96. The van der Waals surface area contributed by atoms with E-state index in [-0.39, 0.29) is 55.7 Å². The molecule has 0 spiro atoms. The maximum Gasteiger partial charge on any atom is 0.254 e. The number of carbonyl (C=O) groups excluding carboxylic acids is 6. The van der Waals surface area contributed by atoms with Crippen molar-refractivity contribution < 1.29 is 38.3 Å². The fourth-order valence-corrected chi connectivity index (χ4v) is 8.49. The normalized spacial score (nSPS) is 17.0. The first kappa shape index (κ1) is 48.8. The fraction of sp³-hybridized carbons (Fsp3) is 0.412. The van der Waals surface area contributed by atoms with Gasteiger partial charge in [-0.25, -0.2) is 4.39 Å². The van der Waals surface area contributed by atoms with Crippen molar-refractivity contribution in [2.45, 2.75) is 101 Å². The molecule has 0 aromatic heterocycles. The van der Waals surface area contributed by atoms with Gasteiger partial charge in [0, 0.05) is 25.3 Å². The molecule has 4 aromatic rings. The number of fused-ring (bicyclic) bond motifs is 2. The van der Waals surface area contributed by atoms with Gasteiger partial charge in [-0.1, -0.05) is 91.0 Å². The fourth-order valence-electron chi connectivity index (χ4n) is 8.49. The lowest BCUT2D eigenvalue weighted by atomic mass is 9.91. The number of primary amides is 1. The maximum absolute atomic E-state index is 14.7. The summed E-state index contributed by atoms with van der Waals surface area (Å²) in [5.74, 6) is -3.95. The summed E-state index contributed by atoms with van der Waals surface area (Å²) in [5, 5.41) is 31.4. The molecule has 0 bridgehead atoms. The van der Waals surface area contributed by atoms with Crippen LogP contribution in [0.1, 0.15) is 69.4 Å². The van der Waals surface area contributed by atoms with Gasteiger partial charge in [0.2, 0.25) is 29.5 Å². The minimum atomic E-state index is -1.67. The number of phenols is 1. The molecule has 2 aliphatic rings. The second-order valence-corrected chi connectivity index (χ2v) is 17.4. The van der Waals surface area contributed by atoms with E-state index in [9.17, 15) is 38.3 Å². The third kappa shape index (κ3) is 14.4. The average molecular weight is 904 g/mol. The number of carbonyl (C=O) groups is 6. The molecule has 1 heterocycles. The number of hydrogen-bond acceptors (Lipinski definition) is 8. The first-order valence-corrected chi connectivity index (χ1v) is 23.0. The van der Waals surface area contributed by atoms with Crippen LogP contribution in [0.2, 0.25) is 0 Å². The number of rotatable bonds is 22.